The molecule has 23 heavy (non-hydrogen) atoms. The van der Waals surface area contributed by atoms with Gasteiger partial charge in [-0.05, 0) is 60.7 Å². The monoisotopic (exact) mass is 324 g/mol. The zero-order valence-electron chi connectivity index (χ0n) is 12.7. The molecule has 2 aliphatic rings. The van der Waals surface area contributed by atoms with Crippen molar-refractivity contribution in [3.05, 3.63) is 58.1 Å². The van der Waals surface area contributed by atoms with Gasteiger partial charge in [-0.25, -0.2) is 0 Å². The van der Waals surface area contributed by atoms with Crippen molar-refractivity contribution in [2.75, 3.05) is 18.5 Å². The molecule has 0 bridgehead atoms. The van der Waals surface area contributed by atoms with Crippen LogP contribution in [-0.4, -0.2) is 13.2 Å². The summed E-state index contributed by atoms with van der Waals surface area (Å²) in [4.78, 5) is 0. The van der Waals surface area contributed by atoms with Crippen LogP contribution in [0.2, 0.25) is 5.02 Å². The zero-order chi connectivity index (χ0) is 15.9. The van der Waals surface area contributed by atoms with E-state index < -0.39 is 0 Å². The average molecular weight is 325 g/mol. The first-order valence-electron chi connectivity index (χ1n) is 7.90. The van der Waals surface area contributed by atoms with E-state index in [1.54, 1.807) is 6.07 Å². The maximum Gasteiger partial charge on any atom is 0.142 e. The summed E-state index contributed by atoms with van der Waals surface area (Å²) in [7, 11) is 0. The van der Waals surface area contributed by atoms with Crippen molar-refractivity contribution in [3.8, 4) is 11.8 Å². The van der Waals surface area contributed by atoms with Gasteiger partial charge in [-0.1, -0.05) is 17.7 Å². The van der Waals surface area contributed by atoms with Crippen molar-refractivity contribution in [1.82, 2.24) is 0 Å². The predicted octanol–water partition coefficient (Wildman–Crippen LogP) is 4.29. The number of fused-ring (bicyclic) bond motifs is 3. The molecule has 1 aliphatic heterocycles. The Balaban J connectivity index is 1.72. The van der Waals surface area contributed by atoms with Gasteiger partial charge in [-0.3, -0.25) is 0 Å². The van der Waals surface area contributed by atoms with Crippen LogP contribution in [-0.2, 0) is 11.8 Å². The number of anilines is 1. The van der Waals surface area contributed by atoms with Gasteiger partial charge in [0.2, 0.25) is 0 Å². The molecule has 2 aromatic rings. The summed E-state index contributed by atoms with van der Waals surface area (Å²) >= 11 is 6.17. The van der Waals surface area contributed by atoms with E-state index in [4.69, 9.17) is 21.6 Å². The molecule has 4 heteroatoms. The van der Waals surface area contributed by atoms with Crippen molar-refractivity contribution < 1.29 is 4.74 Å². The minimum Gasteiger partial charge on any atom is -0.490 e. The Morgan fingerprint density at radius 3 is 3.00 bits per heavy atom. The molecule has 1 atom stereocenters. The maximum atomic E-state index is 9.08. The lowest BCUT2D eigenvalue weighted by atomic mass is 9.70. The normalized spacial score (nSPS) is 22.1. The molecule has 0 aromatic heterocycles. The van der Waals surface area contributed by atoms with Crippen LogP contribution in [0.1, 0.15) is 29.5 Å². The van der Waals surface area contributed by atoms with Crippen LogP contribution in [0.25, 0.3) is 0 Å². The van der Waals surface area contributed by atoms with Gasteiger partial charge in [0.25, 0.3) is 0 Å². The average Bonchev–Trinajstić information content (AvgIpc) is 2.75. The zero-order valence-corrected chi connectivity index (χ0v) is 13.5. The molecule has 0 unspecified atom stereocenters. The summed E-state index contributed by atoms with van der Waals surface area (Å²) in [6.45, 7) is 1.46. The first-order chi connectivity index (χ1) is 11.2. The van der Waals surface area contributed by atoms with Gasteiger partial charge < -0.3 is 10.1 Å². The van der Waals surface area contributed by atoms with E-state index in [0.717, 1.165) is 42.3 Å². The van der Waals surface area contributed by atoms with Gasteiger partial charge in [0.05, 0.1) is 23.9 Å². The molecule has 3 nitrogen and oxygen atoms in total. The second kappa shape index (κ2) is 5.47. The number of hydrogen-bond donors (Lipinski definition) is 1. The molecule has 1 heterocycles. The van der Waals surface area contributed by atoms with E-state index in [2.05, 4.69) is 23.5 Å². The summed E-state index contributed by atoms with van der Waals surface area (Å²) in [6.07, 6.45) is 3.30. The molecular formula is C19H17ClN2O. The number of ether oxygens (including phenoxy) is 1. The number of aryl methyl sites for hydroxylation is 1. The molecule has 1 spiro atoms. The highest BCUT2D eigenvalue weighted by atomic mass is 35.5. The van der Waals surface area contributed by atoms with Crippen LogP contribution in [0.4, 0.5) is 5.69 Å². The van der Waals surface area contributed by atoms with Crippen molar-refractivity contribution in [2.24, 2.45) is 0 Å². The molecule has 1 aliphatic carbocycles. The SMILES string of the molecule is N#Cc1ccc2c(c1)NC[C@@]1(CCCc3cc(Cl)ccc31)CO2. The lowest BCUT2D eigenvalue weighted by Crippen LogP contribution is -2.41. The molecule has 4 rings (SSSR count). The first-order valence-corrected chi connectivity index (χ1v) is 8.28. The van der Waals surface area contributed by atoms with Gasteiger partial charge in [0.15, 0.2) is 0 Å². The van der Waals surface area contributed by atoms with E-state index in [1.807, 2.05) is 18.2 Å². The van der Waals surface area contributed by atoms with E-state index >= 15 is 0 Å². The lowest BCUT2D eigenvalue weighted by Gasteiger charge is -2.37. The number of benzene rings is 2. The molecule has 0 radical (unpaired) electrons. The molecule has 0 amide bonds. The lowest BCUT2D eigenvalue weighted by molar-refractivity contribution is 0.210. The summed E-state index contributed by atoms with van der Waals surface area (Å²) in [5.74, 6) is 0.821. The summed E-state index contributed by atoms with van der Waals surface area (Å²) in [5, 5.41) is 13.4. The summed E-state index contributed by atoms with van der Waals surface area (Å²) in [6, 6.07) is 13.9. The van der Waals surface area contributed by atoms with E-state index in [-0.39, 0.29) is 5.41 Å². The van der Waals surface area contributed by atoms with E-state index in [1.165, 1.54) is 11.1 Å². The Labute approximate surface area is 140 Å². The third-order valence-electron chi connectivity index (χ3n) is 4.97. The van der Waals surface area contributed by atoms with Crippen molar-refractivity contribution in [3.63, 3.8) is 0 Å². The summed E-state index contributed by atoms with van der Waals surface area (Å²) in [5.41, 5.74) is 4.18. The summed E-state index contributed by atoms with van der Waals surface area (Å²) < 4.78 is 6.12. The minimum absolute atomic E-state index is 0.0377. The minimum atomic E-state index is -0.0377. The standard InChI is InChI=1S/C19H17ClN2O/c20-15-4-5-16-14(9-15)2-1-7-19(16)11-22-17-8-13(10-21)3-6-18(17)23-12-19/h3-6,8-9,22H,1-2,7,11-12H2/t19-/m0/s1. The fraction of sp³-hybridized carbons (Fsp3) is 0.316. The predicted molar refractivity (Wildman–Crippen MR) is 91.2 cm³/mol. The van der Waals surface area contributed by atoms with Gasteiger partial charge >= 0.3 is 0 Å². The number of rotatable bonds is 0. The Morgan fingerprint density at radius 1 is 1.22 bits per heavy atom. The third kappa shape index (κ3) is 2.44. The van der Waals surface area contributed by atoms with Crippen molar-refractivity contribution in [2.45, 2.75) is 24.7 Å². The molecule has 1 N–H and O–H groups in total. The number of nitrogens with one attached hydrogen (secondary N) is 1. The molecule has 2 aromatic carbocycles. The topological polar surface area (TPSA) is 45.0 Å². The Bertz CT molecular complexity index is 812. The highest BCUT2D eigenvalue weighted by Gasteiger charge is 2.39. The van der Waals surface area contributed by atoms with Crippen molar-refractivity contribution >= 4 is 17.3 Å². The van der Waals surface area contributed by atoms with Crippen molar-refractivity contribution in [1.29, 1.82) is 5.26 Å². The molecular weight excluding hydrogens is 308 g/mol. The number of nitrogens with zero attached hydrogens (tertiary/aromatic N) is 1. The molecule has 0 fully saturated rings. The molecule has 0 saturated heterocycles. The Morgan fingerprint density at radius 2 is 2.13 bits per heavy atom. The van der Waals surface area contributed by atoms with E-state index in [9.17, 15) is 0 Å². The van der Waals surface area contributed by atoms with Gasteiger partial charge in [0, 0.05) is 17.0 Å². The number of hydrogen-bond acceptors (Lipinski definition) is 3. The smallest absolute Gasteiger partial charge is 0.142 e. The van der Waals surface area contributed by atoms with Crippen LogP contribution in [0, 0.1) is 11.3 Å². The maximum absolute atomic E-state index is 9.08. The first kappa shape index (κ1) is 14.4. The van der Waals surface area contributed by atoms with Gasteiger partial charge in [-0.2, -0.15) is 5.26 Å². The van der Waals surface area contributed by atoms with Gasteiger partial charge in [-0.15, -0.1) is 0 Å². The Kier molecular flexibility index (Phi) is 3.43. The molecule has 116 valence electrons. The second-order valence-electron chi connectivity index (χ2n) is 6.40. The molecule has 0 saturated carbocycles. The number of halogens is 1. The van der Waals surface area contributed by atoms with Crippen LogP contribution in [0.15, 0.2) is 36.4 Å². The highest BCUT2D eigenvalue weighted by molar-refractivity contribution is 6.30. The highest BCUT2D eigenvalue weighted by Crippen LogP contribution is 2.42. The van der Waals surface area contributed by atoms with Crippen LogP contribution in [0.5, 0.6) is 5.75 Å². The Hall–Kier alpha value is -2.18. The van der Waals surface area contributed by atoms with Gasteiger partial charge in [0.1, 0.15) is 5.75 Å². The van der Waals surface area contributed by atoms with Crippen LogP contribution in [0.3, 0.4) is 0 Å². The largest absolute Gasteiger partial charge is 0.490 e. The fourth-order valence-corrected chi connectivity index (χ4v) is 3.96. The fourth-order valence-electron chi connectivity index (χ4n) is 3.77. The van der Waals surface area contributed by atoms with Crippen LogP contribution >= 0.6 is 11.6 Å². The third-order valence-corrected chi connectivity index (χ3v) is 5.21. The van der Waals surface area contributed by atoms with Crippen LogP contribution < -0.4 is 10.1 Å². The van der Waals surface area contributed by atoms with E-state index in [0.29, 0.717) is 12.2 Å². The number of nitriles is 1. The quantitative estimate of drug-likeness (QED) is 0.786. The second-order valence-corrected chi connectivity index (χ2v) is 6.84.